The van der Waals surface area contributed by atoms with Gasteiger partial charge in [0.05, 0.1) is 6.04 Å². The Morgan fingerprint density at radius 1 is 1.62 bits per heavy atom. The fourth-order valence-electron chi connectivity index (χ4n) is 1.64. The molecule has 0 aliphatic carbocycles. The SMILES string of the molecule is CC(C)Cc1nsc(NC2CNC(=O)C2)n1. The minimum Gasteiger partial charge on any atom is -0.355 e. The Balaban J connectivity index is 1.90. The first-order valence-electron chi connectivity index (χ1n) is 5.49. The molecule has 1 atom stereocenters. The van der Waals surface area contributed by atoms with Crippen molar-refractivity contribution in [2.45, 2.75) is 32.7 Å². The normalized spacial score (nSPS) is 20.2. The van der Waals surface area contributed by atoms with Crippen LogP contribution in [0.4, 0.5) is 5.13 Å². The topological polar surface area (TPSA) is 66.9 Å². The molecule has 6 heteroatoms. The molecule has 0 saturated carbocycles. The zero-order valence-electron chi connectivity index (χ0n) is 9.49. The second kappa shape index (κ2) is 4.78. The zero-order valence-corrected chi connectivity index (χ0v) is 10.3. The van der Waals surface area contributed by atoms with Gasteiger partial charge in [0.1, 0.15) is 5.82 Å². The van der Waals surface area contributed by atoms with Crippen molar-refractivity contribution in [3.05, 3.63) is 5.82 Å². The number of amides is 1. The van der Waals surface area contributed by atoms with Gasteiger partial charge in [0.25, 0.3) is 0 Å². The summed E-state index contributed by atoms with van der Waals surface area (Å²) in [4.78, 5) is 15.4. The molecule has 2 heterocycles. The number of carbonyl (C=O) groups is 1. The van der Waals surface area contributed by atoms with Gasteiger partial charge in [0.2, 0.25) is 11.0 Å². The van der Waals surface area contributed by atoms with E-state index in [9.17, 15) is 4.79 Å². The van der Waals surface area contributed by atoms with E-state index in [0.29, 0.717) is 18.9 Å². The molecule has 2 N–H and O–H groups in total. The van der Waals surface area contributed by atoms with Gasteiger partial charge < -0.3 is 10.6 Å². The van der Waals surface area contributed by atoms with Crippen molar-refractivity contribution in [3.8, 4) is 0 Å². The maximum atomic E-state index is 11.0. The van der Waals surface area contributed by atoms with Gasteiger partial charge in [-0.1, -0.05) is 13.8 Å². The van der Waals surface area contributed by atoms with E-state index in [2.05, 4.69) is 33.8 Å². The predicted molar refractivity (Wildman–Crippen MR) is 63.5 cm³/mol. The van der Waals surface area contributed by atoms with Gasteiger partial charge in [-0.15, -0.1) is 0 Å². The van der Waals surface area contributed by atoms with Crippen LogP contribution in [0.5, 0.6) is 0 Å². The highest BCUT2D eigenvalue weighted by Crippen LogP contribution is 2.16. The van der Waals surface area contributed by atoms with Crippen molar-refractivity contribution >= 4 is 22.6 Å². The molecule has 0 bridgehead atoms. The second-order valence-electron chi connectivity index (χ2n) is 4.46. The van der Waals surface area contributed by atoms with E-state index in [1.165, 1.54) is 11.5 Å². The first kappa shape index (κ1) is 11.3. The molecule has 1 amide bonds. The number of nitrogens with zero attached hydrogens (tertiary/aromatic N) is 2. The summed E-state index contributed by atoms with van der Waals surface area (Å²) in [6.07, 6.45) is 1.43. The lowest BCUT2D eigenvalue weighted by Gasteiger charge is -2.06. The molecule has 5 nitrogen and oxygen atoms in total. The summed E-state index contributed by atoms with van der Waals surface area (Å²) in [5.74, 6) is 1.56. The summed E-state index contributed by atoms with van der Waals surface area (Å²) in [5.41, 5.74) is 0. The standard InChI is InChI=1S/C10H16N4OS/c1-6(2)3-8-13-10(16-14-8)12-7-4-9(15)11-5-7/h6-7H,3-5H2,1-2H3,(H,11,15)(H,12,13,14). The monoisotopic (exact) mass is 240 g/mol. The van der Waals surface area contributed by atoms with E-state index in [-0.39, 0.29) is 11.9 Å². The Labute approximate surface area is 98.8 Å². The van der Waals surface area contributed by atoms with Crippen LogP contribution in [0.3, 0.4) is 0 Å². The van der Waals surface area contributed by atoms with Gasteiger partial charge in [-0.3, -0.25) is 4.79 Å². The highest BCUT2D eigenvalue weighted by Gasteiger charge is 2.22. The molecule has 1 fully saturated rings. The van der Waals surface area contributed by atoms with Crippen LogP contribution >= 0.6 is 11.5 Å². The number of nitrogens with one attached hydrogen (secondary N) is 2. The van der Waals surface area contributed by atoms with Crippen LogP contribution in [0, 0.1) is 5.92 Å². The fraction of sp³-hybridized carbons (Fsp3) is 0.700. The van der Waals surface area contributed by atoms with Crippen molar-refractivity contribution in [3.63, 3.8) is 0 Å². The zero-order chi connectivity index (χ0) is 11.5. The largest absolute Gasteiger partial charge is 0.355 e. The average Bonchev–Trinajstić information content (AvgIpc) is 2.76. The van der Waals surface area contributed by atoms with Gasteiger partial charge in [0, 0.05) is 30.9 Å². The number of anilines is 1. The smallest absolute Gasteiger partial charge is 0.222 e. The third-order valence-corrected chi connectivity index (χ3v) is 3.05. The molecule has 1 aromatic rings. The van der Waals surface area contributed by atoms with Crippen LogP contribution in [0.1, 0.15) is 26.1 Å². The van der Waals surface area contributed by atoms with Gasteiger partial charge in [0.15, 0.2) is 0 Å². The quantitative estimate of drug-likeness (QED) is 0.825. The predicted octanol–water partition coefficient (Wildman–Crippen LogP) is 1.04. The van der Waals surface area contributed by atoms with Crippen LogP contribution in [-0.2, 0) is 11.2 Å². The summed E-state index contributed by atoms with van der Waals surface area (Å²) >= 11 is 1.37. The molecular weight excluding hydrogens is 224 g/mol. The second-order valence-corrected chi connectivity index (χ2v) is 5.22. The molecule has 16 heavy (non-hydrogen) atoms. The molecule has 0 aromatic carbocycles. The molecule has 1 saturated heterocycles. The Hall–Kier alpha value is -1.17. The van der Waals surface area contributed by atoms with E-state index in [0.717, 1.165) is 17.4 Å². The molecule has 2 rings (SSSR count). The fourth-order valence-corrected chi connectivity index (χ4v) is 2.32. The van der Waals surface area contributed by atoms with E-state index < -0.39 is 0 Å². The van der Waals surface area contributed by atoms with Crippen LogP contribution < -0.4 is 10.6 Å². The van der Waals surface area contributed by atoms with Crippen molar-refractivity contribution in [1.29, 1.82) is 0 Å². The Morgan fingerprint density at radius 3 is 3.06 bits per heavy atom. The summed E-state index contributed by atoms with van der Waals surface area (Å²) in [6.45, 7) is 4.97. The third kappa shape index (κ3) is 2.91. The summed E-state index contributed by atoms with van der Waals surface area (Å²) < 4.78 is 4.28. The van der Waals surface area contributed by atoms with Crippen LogP contribution in [0.2, 0.25) is 0 Å². The lowest BCUT2D eigenvalue weighted by molar-refractivity contribution is -0.119. The Bertz CT molecular complexity index is 377. The molecule has 1 unspecified atom stereocenters. The van der Waals surface area contributed by atoms with Gasteiger partial charge >= 0.3 is 0 Å². The van der Waals surface area contributed by atoms with E-state index in [1.807, 2.05) is 0 Å². The average molecular weight is 240 g/mol. The van der Waals surface area contributed by atoms with Crippen LogP contribution in [0.25, 0.3) is 0 Å². The lowest BCUT2D eigenvalue weighted by atomic mass is 10.1. The van der Waals surface area contributed by atoms with E-state index in [4.69, 9.17) is 0 Å². The molecule has 0 spiro atoms. The molecule has 88 valence electrons. The molecular formula is C10H16N4OS. The van der Waals surface area contributed by atoms with Crippen molar-refractivity contribution in [2.24, 2.45) is 5.92 Å². The number of hydrogen-bond donors (Lipinski definition) is 2. The molecule has 0 radical (unpaired) electrons. The maximum absolute atomic E-state index is 11.0. The molecule has 1 aliphatic rings. The van der Waals surface area contributed by atoms with E-state index in [1.54, 1.807) is 0 Å². The lowest BCUT2D eigenvalue weighted by Crippen LogP contribution is -2.22. The highest BCUT2D eigenvalue weighted by atomic mass is 32.1. The first-order chi connectivity index (χ1) is 7.63. The molecule has 1 aromatic heterocycles. The minimum absolute atomic E-state index is 0.101. The Morgan fingerprint density at radius 2 is 2.44 bits per heavy atom. The first-order valence-corrected chi connectivity index (χ1v) is 6.26. The summed E-state index contributed by atoms with van der Waals surface area (Å²) in [7, 11) is 0. The van der Waals surface area contributed by atoms with Crippen molar-refractivity contribution < 1.29 is 4.79 Å². The van der Waals surface area contributed by atoms with Gasteiger partial charge in [-0.2, -0.15) is 4.37 Å². The van der Waals surface area contributed by atoms with Crippen LogP contribution in [-0.4, -0.2) is 27.9 Å². The van der Waals surface area contributed by atoms with Gasteiger partial charge in [-0.25, -0.2) is 4.98 Å². The third-order valence-electron chi connectivity index (χ3n) is 2.36. The van der Waals surface area contributed by atoms with Crippen molar-refractivity contribution in [1.82, 2.24) is 14.7 Å². The highest BCUT2D eigenvalue weighted by molar-refractivity contribution is 7.09. The minimum atomic E-state index is 0.101. The van der Waals surface area contributed by atoms with Crippen LogP contribution in [0.15, 0.2) is 0 Å². The summed E-state index contributed by atoms with van der Waals surface area (Å²) in [5, 5.41) is 6.83. The number of carbonyl (C=O) groups excluding carboxylic acids is 1. The number of aromatic nitrogens is 2. The van der Waals surface area contributed by atoms with Gasteiger partial charge in [-0.05, 0) is 5.92 Å². The Kier molecular flexibility index (Phi) is 3.38. The number of hydrogen-bond acceptors (Lipinski definition) is 5. The number of rotatable bonds is 4. The molecule has 1 aliphatic heterocycles. The maximum Gasteiger partial charge on any atom is 0.222 e. The van der Waals surface area contributed by atoms with E-state index >= 15 is 0 Å². The van der Waals surface area contributed by atoms with Crippen molar-refractivity contribution in [2.75, 3.05) is 11.9 Å². The summed E-state index contributed by atoms with van der Waals surface area (Å²) in [6, 6.07) is 0.160.